The molecule has 0 radical (unpaired) electrons. The third kappa shape index (κ3) is 6.09. The van der Waals surface area contributed by atoms with Crippen LogP contribution in [-0.2, 0) is 12.7 Å². The molecule has 0 fully saturated rings. The van der Waals surface area contributed by atoms with Crippen molar-refractivity contribution in [2.75, 3.05) is 6.61 Å². The van der Waals surface area contributed by atoms with Gasteiger partial charge >= 0.3 is 12.4 Å². The number of nitrogens with one attached hydrogen (secondary N) is 1. The molecule has 0 bridgehead atoms. The SMILES string of the molecule is O=C(NCc1nc(C(F)(F)F)no1)c1cnc(OCC(F)(F)F)c(-c2ccc(Cl)cc2)c1. The second-order valence-electron chi connectivity index (χ2n) is 6.18. The molecule has 0 saturated carbocycles. The topological polar surface area (TPSA) is 90.1 Å². The molecule has 1 aromatic carbocycles. The first-order chi connectivity index (χ1) is 14.9. The number of carbonyl (C=O) groups excluding carboxylic acids is 1. The minimum Gasteiger partial charge on any atom is -0.468 e. The molecule has 0 atom stereocenters. The van der Waals surface area contributed by atoms with E-state index in [1.54, 1.807) is 0 Å². The summed E-state index contributed by atoms with van der Waals surface area (Å²) in [6, 6.07) is 7.14. The Bertz CT molecular complexity index is 1100. The van der Waals surface area contributed by atoms with E-state index in [1.165, 1.54) is 30.3 Å². The highest BCUT2D eigenvalue weighted by Gasteiger charge is 2.37. The summed E-state index contributed by atoms with van der Waals surface area (Å²) >= 11 is 5.82. The smallest absolute Gasteiger partial charge is 0.455 e. The van der Waals surface area contributed by atoms with Crippen molar-refractivity contribution < 1.29 is 40.4 Å². The van der Waals surface area contributed by atoms with Gasteiger partial charge < -0.3 is 14.6 Å². The number of alkyl halides is 6. The Labute approximate surface area is 180 Å². The maximum atomic E-state index is 12.5. The number of rotatable bonds is 6. The van der Waals surface area contributed by atoms with Crippen molar-refractivity contribution in [3.05, 3.63) is 58.8 Å². The molecule has 0 aliphatic heterocycles. The molecule has 0 saturated heterocycles. The van der Waals surface area contributed by atoms with Crippen LogP contribution < -0.4 is 10.1 Å². The van der Waals surface area contributed by atoms with Crippen LogP contribution in [0.25, 0.3) is 11.1 Å². The van der Waals surface area contributed by atoms with Gasteiger partial charge in [-0.3, -0.25) is 4.79 Å². The Morgan fingerprint density at radius 3 is 2.41 bits per heavy atom. The molecule has 0 aliphatic carbocycles. The lowest BCUT2D eigenvalue weighted by atomic mass is 10.0. The first kappa shape index (κ1) is 23.3. The Morgan fingerprint density at radius 1 is 1.12 bits per heavy atom. The highest BCUT2D eigenvalue weighted by Crippen LogP contribution is 2.31. The number of hydrogen-bond donors (Lipinski definition) is 1. The van der Waals surface area contributed by atoms with Crippen LogP contribution >= 0.6 is 11.6 Å². The fourth-order valence-corrected chi connectivity index (χ4v) is 2.50. The molecule has 2 heterocycles. The van der Waals surface area contributed by atoms with Gasteiger partial charge in [0.1, 0.15) is 0 Å². The van der Waals surface area contributed by atoms with Gasteiger partial charge in [-0.2, -0.15) is 31.3 Å². The monoisotopic (exact) mass is 480 g/mol. The fraction of sp³-hybridized carbons (Fsp3) is 0.222. The van der Waals surface area contributed by atoms with E-state index < -0.39 is 43.1 Å². The van der Waals surface area contributed by atoms with E-state index in [2.05, 4.69) is 25.0 Å². The summed E-state index contributed by atoms with van der Waals surface area (Å²) < 4.78 is 84.3. The quantitative estimate of drug-likeness (QED) is 0.515. The minimum absolute atomic E-state index is 0.0655. The van der Waals surface area contributed by atoms with Crippen molar-refractivity contribution in [1.29, 1.82) is 0 Å². The van der Waals surface area contributed by atoms with Gasteiger partial charge in [-0.25, -0.2) is 4.98 Å². The number of aromatic nitrogens is 3. The molecule has 0 spiro atoms. The van der Waals surface area contributed by atoms with Crippen LogP contribution in [0, 0.1) is 0 Å². The Morgan fingerprint density at radius 2 is 1.81 bits per heavy atom. The lowest BCUT2D eigenvalue weighted by Crippen LogP contribution is -2.24. The zero-order valence-electron chi connectivity index (χ0n) is 15.6. The molecule has 2 aromatic heterocycles. The van der Waals surface area contributed by atoms with E-state index in [9.17, 15) is 31.1 Å². The third-order valence-corrected chi connectivity index (χ3v) is 4.01. The van der Waals surface area contributed by atoms with Crippen LogP contribution in [0.2, 0.25) is 5.02 Å². The van der Waals surface area contributed by atoms with E-state index in [1.807, 2.05) is 0 Å². The number of halogens is 7. The predicted molar refractivity (Wildman–Crippen MR) is 96.7 cm³/mol. The summed E-state index contributed by atoms with van der Waals surface area (Å²) in [6.07, 6.45) is -8.47. The van der Waals surface area contributed by atoms with Crippen molar-refractivity contribution in [2.24, 2.45) is 0 Å². The Kier molecular flexibility index (Phi) is 6.57. The van der Waals surface area contributed by atoms with E-state index in [0.29, 0.717) is 10.6 Å². The highest BCUT2D eigenvalue weighted by atomic mass is 35.5. The van der Waals surface area contributed by atoms with Crippen molar-refractivity contribution in [3.8, 4) is 17.0 Å². The zero-order chi connectivity index (χ0) is 23.5. The van der Waals surface area contributed by atoms with Gasteiger partial charge in [0.2, 0.25) is 11.8 Å². The summed E-state index contributed by atoms with van der Waals surface area (Å²) in [6.45, 7) is -2.13. The second-order valence-corrected chi connectivity index (χ2v) is 6.62. The van der Waals surface area contributed by atoms with Gasteiger partial charge in [0.15, 0.2) is 6.61 Å². The van der Waals surface area contributed by atoms with E-state index in [-0.39, 0.29) is 17.0 Å². The van der Waals surface area contributed by atoms with Crippen molar-refractivity contribution in [2.45, 2.75) is 18.9 Å². The minimum atomic E-state index is -4.81. The summed E-state index contributed by atoms with van der Waals surface area (Å²) in [5.74, 6) is -3.18. The van der Waals surface area contributed by atoms with Crippen LogP contribution in [-0.4, -0.2) is 33.8 Å². The van der Waals surface area contributed by atoms with Crippen LogP contribution in [0.3, 0.4) is 0 Å². The first-order valence-corrected chi connectivity index (χ1v) is 8.94. The van der Waals surface area contributed by atoms with Gasteiger partial charge in [-0.15, -0.1) is 0 Å². The zero-order valence-corrected chi connectivity index (χ0v) is 16.3. The molecule has 14 heteroatoms. The lowest BCUT2D eigenvalue weighted by molar-refractivity contribution is -0.154. The standard InChI is InChI=1S/C18H11ClF6N4O3/c19-11-3-1-9(2-4-11)12-5-10(6-27-15(12)31-8-17(20,21)22)14(30)26-7-13-28-16(29-32-13)18(23,24)25/h1-6H,7-8H2,(H,26,30). The fourth-order valence-electron chi connectivity index (χ4n) is 2.38. The van der Waals surface area contributed by atoms with Crippen LogP contribution in [0.5, 0.6) is 5.88 Å². The summed E-state index contributed by atoms with van der Waals surface area (Å²) in [5.41, 5.74) is 0.320. The van der Waals surface area contributed by atoms with Crippen LogP contribution in [0.4, 0.5) is 26.3 Å². The molecular weight excluding hydrogens is 470 g/mol. The number of ether oxygens (including phenoxy) is 1. The number of nitrogens with zero attached hydrogens (tertiary/aromatic N) is 3. The first-order valence-electron chi connectivity index (χ1n) is 8.56. The Hall–Kier alpha value is -3.35. The van der Waals surface area contributed by atoms with Crippen molar-refractivity contribution in [3.63, 3.8) is 0 Å². The van der Waals surface area contributed by atoms with Gasteiger partial charge in [0, 0.05) is 16.8 Å². The van der Waals surface area contributed by atoms with Gasteiger partial charge in [-0.05, 0) is 23.8 Å². The number of amides is 1. The molecule has 0 unspecified atom stereocenters. The number of pyridine rings is 1. The molecule has 1 N–H and O–H groups in total. The van der Waals surface area contributed by atoms with Crippen LogP contribution in [0.15, 0.2) is 41.1 Å². The average molecular weight is 481 g/mol. The molecule has 3 aromatic rings. The second kappa shape index (κ2) is 9.02. The van der Waals surface area contributed by atoms with Crippen LogP contribution in [0.1, 0.15) is 22.1 Å². The van der Waals surface area contributed by atoms with Crippen molar-refractivity contribution >= 4 is 17.5 Å². The van der Waals surface area contributed by atoms with E-state index >= 15 is 0 Å². The maximum Gasteiger partial charge on any atom is 0.455 e. The summed E-state index contributed by atoms with van der Waals surface area (Å²) in [4.78, 5) is 19.3. The predicted octanol–water partition coefficient (Wildman–Crippen LogP) is 4.67. The van der Waals surface area contributed by atoms with E-state index in [4.69, 9.17) is 16.3 Å². The molecule has 7 nitrogen and oxygen atoms in total. The summed E-state index contributed by atoms with van der Waals surface area (Å²) in [7, 11) is 0. The number of benzene rings is 1. The molecule has 32 heavy (non-hydrogen) atoms. The number of carbonyl (C=O) groups is 1. The van der Waals surface area contributed by atoms with Gasteiger partial charge in [0.05, 0.1) is 12.1 Å². The molecule has 3 rings (SSSR count). The largest absolute Gasteiger partial charge is 0.468 e. The summed E-state index contributed by atoms with van der Waals surface area (Å²) in [5, 5.41) is 5.38. The molecule has 1 amide bonds. The molecule has 170 valence electrons. The van der Waals surface area contributed by atoms with Gasteiger partial charge in [0.25, 0.3) is 11.7 Å². The molecule has 0 aliphatic rings. The lowest BCUT2D eigenvalue weighted by Gasteiger charge is -2.13. The number of hydrogen-bond acceptors (Lipinski definition) is 6. The molecular formula is C18H11ClF6N4O3. The average Bonchev–Trinajstić information content (AvgIpc) is 3.20. The highest BCUT2D eigenvalue weighted by molar-refractivity contribution is 6.30. The van der Waals surface area contributed by atoms with Gasteiger partial charge in [-0.1, -0.05) is 28.9 Å². The normalized spacial score (nSPS) is 12.0. The van der Waals surface area contributed by atoms with E-state index in [0.717, 1.165) is 6.20 Å². The Balaban J connectivity index is 1.81. The van der Waals surface area contributed by atoms with Crippen molar-refractivity contribution in [1.82, 2.24) is 20.4 Å². The third-order valence-electron chi connectivity index (χ3n) is 3.76. The maximum absolute atomic E-state index is 12.5.